The second-order valence-electron chi connectivity index (χ2n) is 11.9. The number of nitrogens with one attached hydrogen (secondary N) is 1. The van der Waals surface area contributed by atoms with E-state index in [0.29, 0.717) is 62.7 Å². The van der Waals surface area contributed by atoms with Crippen LogP contribution >= 0.6 is 0 Å². The van der Waals surface area contributed by atoms with Gasteiger partial charge in [0.05, 0.1) is 18.4 Å². The van der Waals surface area contributed by atoms with Crippen LogP contribution < -0.4 is 10.1 Å². The summed E-state index contributed by atoms with van der Waals surface area (Å²) in [6.45, 7) is 6.88. The molecule has 0 unspecified atom stereocenters. The van der Waals surface area contributed by atoms with E-state index in [4.69, 9.17) is 9.47 Å². The number of carbonyl (C=O) groups excluding carboxylic acids is 3. The van der Waals surface area contributed by atoms with Gasteiger partial charge in [0.25, 0.3) is 0 Å². The van der Waals surface area contributed by atoms with Crippen LogP contribution in [0.4, 0.5) is 9.18 Å². The predicted molar refractivity (Wildman–Crippen MR) is 150 cm³/mol. The summed E-state index contributed by atoms with van der Waals surface area (Å²) in [6, 6.07) is 5.84. The molecule has 1 aromatic carbocycles. The maximum atomic E-state index is 13.2. The van der Waals surface area contributed by atoms with Gasteiger partial charge in [-0.3, -0.25) is 14.4 Å². The number of nitrogens with zero attached hydrogens (tertiary/aromatic N) is 2. The molecule has 1 aromatic rings. The first kappa shape index (κ1) is 32.1. The van der Waals surface area contributed by atoms with Crippen molar-refractivity contribution in [2.75, 3.05) is 39.5 Å². The van der Waals surface area contributed by atoms with Crippen molar-refractivity contribution < 1.29 is 38.1 Å². The highest BCUT2D eigenvalue weighted by molar-refractivity contribution is 5.82. The molecule has 41 heavy (non-hydrogen) atoms. The third-order valence-electron chi connectivity index (χ3n) is 7.48. The standard InChI is InChI=1S/C30H44FN3O7/c1-30(2,3)41-29(39)33-15-11-21(12-16-33)9-10-26(35)34-14-5-7-23(20-34)28(38)32-25(19-27(36)37)22-6-4-8-24(18-22)40-17-13-31/h4,6,8,18,21,23,25H,5,7,9-17,19-20H2,1-3H3,(H,32,38)(H,36,37)/t23-,25+/m1/s1. The molecule has 2 aliphatic rings. The zero-order valence-electron chi connectivity index (χ0n) is 24.4. The molecule has 0 radical (unpaired) electrons. The normalized spacial score (nSPS) is 18.9. The van der Waals surface area contributed by atoms with Crippen LogP contribution in [0.15, 0.2) is 24.3 Å². The number of rotatable bonds is 11. The first-order valence-electron chi connectivity index (χ1n) is 14.5. The minimum atomic E-state index is -1.07. The Labute approximate surface area is 241 Å². The van der Waals surface area contributed by atoms with Gasteiger partial charge in [0.15, 0.2) is 0 Å². The van der Waals surface area contributed by atoms with E-state index in [1.54, 1.807) is 34.1 Å². The Hall–Kier alpha value is -3.37. The molecule has 2 aliphatic heterocycles. The number of hydrogen-bond acceptors (Lipinski definition) is 6. The average molecular weight is 578 g/mol. The summed E-state index contributed by atoms with van der Waals surface area (Å²) in [4.78, 5) is 53.5. The maximum Gasteiger partial charge on any atom is 0.410 e. The van der Waals surface area contributed by atoms with E-state index < -0.39 is 30.2 Å². The number of carboxylic acids is 1. The summed E-state index contributed by atoms with van der Waals surface area (Å²) in [5.41, 5.74) is 0.0240. The molecule has 2 fully saturated rings. The first-order valence-corrected chi connectivity index (χ1v) is 14.5. The molecule has 0 saturated carbocycles. The molecule has 10 nitrogen and oxygen atoms in total. The average Bonchev–Trinajstić information content (AvgIpc) is 2.93. The van der Waals surface area contributed by atoms with Crippen molar-refractivity contribution in [3.05, 3.63) is 29.8 Å². The van der Waals surface area contributed by atoms with Crippen LogP contribution in [0, 0.1) is 11.8 Å². The van der Waals surface area contributed by atoms with Gasteiger partial charge in [-0.2, -0.15) is 0 Å². The molecule has 3 amide bonds. The molecular weight excluding hydrogens is 533 g/mol. The van der Waals surface area contributed by atoms with E-state index in [-0.39, 0.29) is 30.9 Å². The minimum Gasteiger partial charge on any atom is -0.491 e. The lowest BCUT2D eigenvalue weighted by atomic mass is 9.91. The van der Waals surface area contributed by atoms with Gasteiger partial charge in [-0.05, 0) is 76.5 Å². The lowest BCUT2D eigenvalue weighted by Crippen LogP contribution is -2.46. The van der Waals surface area contributed by atoms with E-state index in [9.17, 15) is 28.7 Å². The topological polar surface area (TPSA) is 125 Å². The monoisotopic (exact) mass is 577 g/mol. The van der Waals surface area contributed by atoms with Crippen molar-refractivity contribution in [3.8, 4) is 5.75 Å². The van der Waals surface area contributed by atoms with E-state index in [0.717, 1.165) is 19.3 Å². The van der Waals surface area contributed by atoms with E-state index in [2.05, 4.69) is 5.32 Å². The number of aliphatic carboxylic acids is 1. The summed E-state index contributed by atoms with van der Waals surface area (Å²) in [6.07, 6.45) is 3.44. The number of carboxylic acid groups (broad SMARTS) is 1. The van der Waals surface area contributed by atoms with Crippen LogP contribution in [-0.2, 0) is 19.1 Å². The quantitative estimate of drug-likeness (QED) is 0.401. The van der Waals surface area contributed by atoms with Crippen LogP contribution in [-0.4, -0.2) is 83.8 Å². The Balaban J connectivity index is 1.49. The third-order valence-corrected chi connectivity index (χ3v) is 7.48. The number of likely N-dealkylation sites (tertiary alicyclic amines) is 2. The smallest absolute Gasteiger partial charge is 0.410 e. The Morgan fingerprint density at radius 3 is 2.49 bits per heavy atom. The van der Waals surface area contributed by atoms with Crippen molar-refractivity contribution in [3.63, 3.8) is 0 Å². The largest absolute Gasteiger partial charge is 0.491 e. The van der Waals surface area contributed by atoms with Crippen LogP contribution in [0.3, 0.4) is 0 Å². The Bertz CT molecular complexity index is 1050. The third kappa shape index (κ3) is 10.5. The molecule has 0 spiro atoms. The van der Waals surface area contributed by atoms with Crippen molar-refractivity contribution in [1.82, 2.24) is 15.1 Å². The fraction of sp³-hybridized carbons (Fsp3) is 0.667. The first-order chi connectivity index (χ1) is 19.4. The molecule has 2 atom stereocenters. The van der Waals surface area contributed by atoms with Crippen molar-refractivity contribution in [2.24, 2.45) is 11.8 Å². The number of carbonyl (C=O) groups is 4. The van der Waals surface area contributed by atoms with Gasteiger partial charge in [-0.1, -0.05) is 12.1 Å². The molecule has 2 N–H and O–H groups in total. The summed E-state index contributed by atoms with van der Waals surface area (Å²) in [7, 11) is 0. The highest BCUT2D eigenvalue weighted by atomic mass is 19.1. The molecular formula is C30H44FN3O7. The van der Waals surface area contributed by atoms with Crippen molar-refractivity contribution in [1.29, 1.82) is 0 Å². The number of hydrogen-bond donors (Lipinski definition) is 2. The van der Waals surface area contributed by atoms with Gasteiger partial charge in [-0.15, -0.1) is 0 Å². The second kappa shape index (κ2) is 15.0. The molecule has 2 saturated heterocycles. The lowest BCUT2D eigenvalue weighted by molar-refractivity contribution is -0.138. The van der Waals surface area contributed by atoms with Crippen LogP contribution in [0.2, 0.25) is 0 Å². The number of ether oxygens (including phenoxy) is 2. The number of halogens is 1. The molecule has 2 heterocycles. The van der Waals surface area contributed by atoms with E-state index in [1.165, 1.54) is 0 Å². The summed E-state index contributed by atoms with van der Waals surface area (Å²) in [5, 5.41) is 12.3. The fourth-order valence-corrected chi connectivity index (χ4v) is 5.33. The van der Waals surface area contributed by atoms with Crippen molar-refractivity contribution in [2.45, 2.75) is 77.4 Å². The predicted octanol–water partition coefficient (Wildman–Crippen LogP) is 4.33. The van der Waals surface area contributed by atoms with Gasteiger partial charge >= 0.3 is 12.1 Å². The molecule has 0 aromatic heterocycles. The molecule has 228 valence electrons. The zero-order chi connectivity index (χ0) is 30.0. The second-order valence-corrected chi connectivity index (χ2v) is 11.9. The SMILES string of the molecule is CC(C)(C)OC(=O)N1CCC(CCC(=O)N2CCC[C@@H](C(=O)N[C@@H](CC(=O)O)c3cccc(OCCF)c3)C2)CC1. The van der Waals surface area contributed by atoms with E-state index in [1.807, 2.05) is 20.8 Å². The molecule has 3 rings (SSSR count). The number of benzene rings is 1. The highest BCUT2D eigenvalue weighted by Crippen LogP contribution is 2.27. The number of amides is 3. The summed E-state index contributed by atoms with van der Waals surface area (Å²) >= 11 is 0. The fourth-order valence-electron chi connectivity index (χ4n) is 5.33. The molecule has 11 heteroatoms. The summed E-state index contributed by atoms with van der Waals surface area (Å²) in [5.74, 6) is -1.04. The van der Waals surface area contributed by atoms with Crippen molar-refractivity contribution >= 4 is 23.9 Å². The van der Waals surface area contributed by atoms with Crippen LogP contribution in [0.1, 0.15) is 77.3 Å². The van der Waals surface area contributed by atoms with Gasteiger partial charge in [0.2, 0.25) is 11.8 Å². The Kier molecular flexibility index (Phi) is 11.8. The van der Waals surface area contributed by atoms with Gasteiger partial charge < -0.3 is 29.7 Å². The molecule has 0 aliphatic carbocycles. The van der Waals surface area contributed by atoms with Crippen LogP contribution in [0.25, 0.3) is 0 Å². The number of alkyl halides is 1. The Morgan fingerprint density at radius 1 is 1.10 bits per heavy atom. The number of piperidine rings is 2. The van der Waals surface area contributed by atoms with Gasteiger partial charge in [0.1, 0.15) is 24.6 Å². The van der Waals surface area contributed by atoms with Gasteiger partial charge in [0, 0.05) is 32.6 Å². The lowest BCUT2D eigenvalue weighted by Gasteiger charge is -2.35. The maximum absolute atomic E-state index is 13.2. The van der Waals surface area contributed by atoms with E-state index >= 15 is 0 Å². The Morgan fingerprint density at radius 2 is 1.83 bits per heavy atom. The highest BCUT2D eigenvalue weighted by Gasteiger charge is 2.31. The summed E-state index contributed by atoms with van der Waals surface area (Å²) < 4.78 is 23.3. The van der Waals surface area contributed by atoms with Gasteiger partial charge in [-0.25, -0.2) is 9.18 Å². The van der Waals surface area contributed by atoms with Crippen LogP contribution in [0.5, 0.6) is 5.75 Å². The molecule has 0 bridgehead atoms. The minimum absolute atomic E-state index is 0.0110. The zero-order valence-corrected chi connectivity index (χ0v) is 24.4.